The molecule has 1 aromatic carbocycles. The van der Waals surface area contributed by atoms with Gasteiger partial charge in [0.25, 0.3) is 5.56 Å². The molecule has 62 valence electrons. The van der Waals surface area contributed by atoms with Gasteiger partial charge in [-0.3, -0.25) is 4.79 Å². The van der Waals surface area contributed by atoms with E-state index < -0.39 is 0 Å². The number of benzene rings is 1. The molecule has 0 aliphatic carbocycles. The van der Waals surface area contributed by atoms with Gasteiger partial charge in [-0.25, -0.2) is 0 Å². The number of nitrogens with one attached hydrogen (secondary N) is 1. The Hall–Kier alpha value is -1.51. The summed E-state index contributed by atoms with van der Waals surface area (Å²) in [5, 5.41) is 2.97. The number of aromatic amines is 1. The molecule has 0 fully saturated rings. The first-order valence-electron chi connectivity index (χ1n) is 3.77. The average molecular weight is 163 g/mol. The highest BCUT2D eigenvalue weighted by Gasteiger charge is 2.05. The second-order valence-corrected chi connectivity index (χ2v) is 2.99. The Kier molecular flexibility index (Phi) is 1.33. The molecule has 0 spiro atoms. The van der Waals surface area contributed by atoms with Crippen LogP contribution in [-0.4, -0.2) is 5.16 Å². The first kappa shape index (κ1) is 7.16. The van der Waals surface area contributed by atoms with Gasteiger partial charge < -0.3 is 4.52 Å². The van der Waals surface area contributed by atoms with E-state index in [0.29, 0.717) is 11.0 Å². The van der Waals surface area contributed by atoms with Crippen LogP contribution in [-0.2, 0) is 0 Å². The first-order valence-corrected chi connectivity index (χ1v) is 3.77. The van der Waals surface area contributed by atoms with Gasteiger partial charge in [-0.15, -0.1) is 0 Å². The molecule has 3 heteroatoms. The van der Waals surface area contributed by atoms with Crippen molar-refractivity contribution in [3.05, 3.63) is 33.6 Å². The van der Waals surface area contributed by atoms with Crippen molar-refractivity contribution < 1.29 is 4.52 Å². The van der Waals surface area contributed by atoms with E-state index in [4.69, 9.17) is 4.52 Å². The third kappa shape index (κ3) is 0.863. The first-order chi connectivity index (χ1) is 5.68. The van der Waals surface area contributed by atoms with Gasteiger partial charge in [0, 0.05) is 0 Å². The zero-order valence-electron chi connectivity index (χ0n) is 6.97. The number of hydrogen-bond donors (Lipinski definition) is 1. The Morgan fingerprint density at radius 3 is 2.83 bits per heavy atom. The summed E-state index contributed by atoms with van der Waals surface area (Å²) in [6.07, 6.45) is 0. The molecule has 1 aromatic heterocycles. The van der Waals surface area contributed by atoms with Crippen LogP contribution in [0, 0.1) is 13.8 Å². The molecule has 2 rings (SSSR count). The van der Waals surface area contributed by atoms with Crippen LogP contribution >= 0.6 is 0 Å². The highest BCUT2D eigenvalue weighted by Crippen LogP contribution is 2.15. The zero-order chi connectivity index (χ0) is 8.72. The SMILES string of the molecule is Cc1cc(C)c2c(=O)[nH]oc2c1. The molecule has 0 aliphatic heterocycles. The van der Waals surface area contributed by atoms with Crippen LogP contribution in [0.4, 0.5) is 0 Å². The quantitative estimate of drug-likeness (QED) is 0.643. The molecule has 0 radical (unpaired) electrons. The van der Waals surface area contributed by atoms with Crippen molar-refractivity contribution in [3.63, 3.8) is 0 Å². The van der Waals surface area contributed by atoms with Gasteiger partial charge in [-0.1, -0.05) is 6.07 Å². The van der Waals surface area contributed by atoms with E-state index in [9.17, 15) is 4.79 Å². The van der Waals surface area contributed by atoms with Crippen LogP contribution in [0.1, 0.15) is 11.1 Å². The minimum absolute atomic E-state index is 0.150. The van der Waals surface area contributed by atoms with Crippen LogP contribution in [0.25, 0.3) is 11.0 Å². The summed E-state index contributed by atoms with van der Waals surface area (Å²) in [5.41, 5.74) is 2.54. The molecule has 0 amide bonds. The second-order valence-electron chi connectivity index (χ2n) is 2.99. The molecule has 0 atom stereocenters. The Morgan fingerprint density at radius 1 is 1.33 bits per heavy atom. The summed E-state index contributed by atoms with van der Waals surface area (Å²) in [6, 6.07) is 3.81. The zero-order valence-corrected chi connectivity index (χ0v) is 6.97. The van der Waals surface area contributed by atoms with Crippen molar-refractivity contribution in [2.24, 2.45) is 0 Å². The minimum Gasteiger partial charge on any atom is -0.378 e. The topological polar surface area (TPSA) is 46.0 Å². The maximum Gasteiger partial charge on any atom is 0.288 e. The van der Waals surface area contributed by atoms with Crippen LogP contribution in [0.2, 0.25) is 0 Å². The summed E-state index contributed by atoms with van der Waals surface area (Å²) >= 11 is 0. The van der Waals surface area contributed by atoms with Crippen LogP contribution in [0.15, 0.2) is 21.5 Å². The fraction of sp³-hybridized carbons (Fsp3) is 0.222. The van der Waals surface area contributed by atoms with Crippen molar-refractivity contribution in [1.82, 2.24) is 5.16 Å². The number of aromatic nitrogens is 1. The summed E-state index contributed by atoms with van der Waals surface area (Å²) in [7, 11) is 0. The van der Waals surface area contributed by atoms with Crippen LogP contribution in [0.5, 0.6) is 0 Å². The largest absolute Gasteiger partial charge is 0.378 e. The Labute approximate surface area is 69.0 Å². The number of fused-ring (bicyclic) bond motifs is 1. The van der Waals surface area contributed by atoms with E-state index >= 15 is 0 Å². The molecule has 0 unspecified atom stereocenters. The fourth-order valence-electron chi connectivity index (χ4n) is 1.45. The van der Waals surface area contributed by atoms with Crippen LogP contribution < -0.4 is 5.56 Å². The van der Waals surface area contributed by atoms with Gasteiger partial charge in [0.2, 0.25) is 0 Å². The number of H-pyrrole nitrogens is 1. The van der Waals surface area contributed by atoms with E-state index in [1.807, 2.05) is 26.0 Å². The highest BCUT2D eigenvalue weighted by atomic mass is 16.5. The van der Waals surface area contributed by atoms with Gasteiger partial charge in [-0.2, -0.15) is 5.16 Å². The second kappa shape index (κ2) is 2.24. The molecule has 1 N–H and O–H groups in total. The standard InChI is InChI=1S/C9H9NO2/c1-5-3-6(2)8-7(4-5)12-10-9(8)11/h3-4H,1-2H3,(H,10,11). The molecule has 12 heavy (non-hydrogen) atoms. The maximum atomic E-state index is 11.2. The predicted molar refractivity (Wildman–Crippen MR) is 46.3 cm³/mol. The van der Waals surface area contributed by atoms with Crippen molar-refractivity contribution in [2.75, 3.05) is 0 Å². The van der Waals surface area contributed by atoms with Crippen molar-refractivity contribution in [1.29, 1.82) is 0 Å². The van der Waals surface area contributed by atoms with Gasteiger partial charge in [0.1, 0.15) is 0 Å². The van der Waals surface area contributed by atoms with Gasteiger partial charge in [0.15, 0.2) is 5.58 Å². The van der Waals surface area contributed by atoms with E-state index in [0.717, 1.165) is 11.1 Å². The number of rotatable bonds is 0. The highest BCUT2D eigenvalue weighted by molar-refractivity contribution is 5.80. The van der Waals surface area contributed by atoms with Gasteiger partial charge in [-0.05, 0) is 31.0 Å². The summed E-state index contributed by atoms with van der Waals surface area (Å²) in [6.45, 7) is 3.87. The molecule has 0 saturated heterocycles. The smallest absolute Gasteiger partial charge is 0.288 e. The van der Waals surface area contributed by atoms with E-state index in [-0.39, 0.29) is 5.56 Å². The fourth-order valence-corrected chi connectivity index (χ4v) is 1.45. The lowest BCUT2D eigenvalue weighted by atomic mass is 10.1. The van der Waals surface area contributed by atoms with Crippen molar-refractivity contribution >= 4 is 11.0 Å². The van der Waals surface area contributed by atoms with Crippen molar-refractivity contribution in [3.8, 4) is 0 Å². The maximum absolute atomic E-state index is 11.2. The summed E-state index contributed by atoms with van der Waals surface area (Å²) in [5.74, 6) is 0. The molecule has 0 saturated carbocycles. The Morgan fingerprint density at radius 2 is 2.08 bits per heavy atom. The molecule has 2 aromatic rings. The lowest BCUT2D eigenvalue weighted by molar-refractivity contribution is 0.449. The molecule has 3 nitrogen and oxygen atoms in total. The lowest BCUT2D eigenvalue weighted by Gasteiger charge is -1.94. The van der Waals surface area contributed by atoms with Crippen molar-refractivity contribution in [2.45, 2.75) is 13.8 Å². The molecular formula is C9H9NO2. The average Bonchev–Trinajstić information content (AvgIpc) is 2.31. The normalized spacial score (nSPS) is 10.8. The van der Waals surface area contributed by atoms with Gasteiger partial charge >= 0.3 is 0 Å². The Bertz CT molecular complexity index is 479. The monoisotopic (exact) mass is 163 g/mol. The summed E-state index contributed by atoms with van der Waals surface area (Å²) in [4.78, 5) is 11.2. The lowest BCUT2D eigenvalue weighted by Crippen LogP contribution is -1.98. The van der Waals surface area contributed by atoms with Gasteiger partial charge in [0.05, 0.1) is 5.39 Å². The van der Waals surface area contributed by atoms with E-state index in [2.05, 4.69) is 5.16 Å². The minimum atomic E-state index is -0.150. The van der Waals surface area contributed by atoms with E-state index in [1.165, 1.54) is 0 Å². The molecular weight excluding hydrogens is 154 g/mol. The number of hydrogen-bond acceptors (Lipinski definition) is 2. The molecule has 0 aliphatic rings. The predicted octanol–water partition coefficient (Wildman–Crippen LogP) is 1.74. The van der Waals surface area contributed by atoms with E-state index in [1.54, 1.807) is 0 Å². The third-order valence-electron chi connectivity index (χ3n) is 1.92. The Balaban J connectivity index is 3.03. The van der Waals surface area contributed by atoms with Crippen LogP contribution in [0.3, 0.4) is 0 Å². The molecule has 1 heterocycles. The summed E-state index contributed by atoms with van der Waals surface area (Å²) < 4.78 is 4.97. The third-order valence-corrected chi connectivity index (χ3v) is 1.92. The number of aryl methyl sites for hydroxylation is 2. The molecule has 0 bridgehead atoms.